The number of rotatable bonds is 4. The molecule has 4 heterocycles. The number of amides is 1. The van der Waals surface area contributed by atoms with E-state index in [2.05, 4.69) is 26.7 Å². The lowest BCUT2D eigenvalue weighted by Gasteiger charge is -2.44. The van der Waals surface area contributed by atoms with Crippen LogP contribution in [-0.2, 0) is 11.3 Å². The Balaban J connectivity index is 1.58. The average Bonchev–Trinajstić information content (AvgIpc) is 3.17. The first kappa shape index (κ1) is 15.6. The Morgan fingerprint density at radius 3 is 2.92 bits per heavy atom. The molecule has 4 rings (SSSR count). The van der Waals surface area contributed by atoms with Crippen LogP contribution in [0.4, 0.5) is 0 Å². The standard InChI is InChI=1S/C18H24N4O2/c1-2-10-21-11-4-7-18(17(21)23)8-5-12-22(18)13-15-20-16-14(24-15)6-3-9-19-16/h3,6,9H,2,4-5,7-8,10-13H2,1H3. The van der Waals surface area contributed by atoms with E-state index in [1.54, 1.807) is 6.20 Å². The summed E-state index contributed by atoms with van der Waals surface area (Å²) in [7, 11) is 0. The number of hydrogen-bond donors (Lipinski definition) is 0. The van der Waals surface area contributed by atoms with Crippen molar-refractivity contribution in [3.8, 4) is 0 Å². The van der Waals surface area contributed by atoms with E-state index in [1.807, 2.05) is 12.1 Å². The van der Waals surface area contributed by atoms with E-state index in [0.29, 0.717) is 29.6 Å². The van der Waals surface area contributed by atoms with Gasteiger partial charge in [0.1, 0.15) is 5.54 Å². The van der Waals surface area contributed by atoms with E-state index in [-0.39, 0.29) is 5.54 Å². The second-order valence-corrected chi connectivity index (χ2v) is 6.89. The summed E-state index contributed by atoms with van der Waals surface area (Å²) in [6.07, 6.45) is 6.77. The van der Waals surface area contributed by atoms with Gasteiger partial charge in [-0.1, -0.05) is 6.92 Å². The average molecular weight is 328 g/mol. The number of pyridine rings is 1. The molecule has 2 aliphatic rings. The van der Waals surface area contributed by atoms with E-state index in [4.69, 9.17) is 4.42 Å². The summed E-state index contributed by atoms with van der Waals surface area (Å²) in [5, 5.41) is 0. The lowest BCUT2D eigenvalue weighted by atomic mass is 9.85. The number of nitrogens with zero attached hydrogens (tertiary/aromatic N) is 4. The summed E-state index contributed by atoms with van der Waals surface area (Å²) in [4.78, 5) is 26.2. The van der Waals surface area contributed by atoms with Crippen molar-refractivity contribution in [2.75, 3.05) is 19.6 Å². The minimum Gasteiger partial charge on any atom is -0.438 e. The van der Waals surface area contributed by atoms with Crippen LogP contribution in [0.5, 0.6) is 0 Å². The number of carbonyl (C=O) groups is 1. The highest BCUT2D eigenvalue weighted by atomic mass is 16.3. The molecule has 24 heavy (non-hydrogen) atoms. The molecule has 0 aromatic carbocycles. The fourth-order valence-electron chi connectivity index (χ4n) is 4.28. The summed E-state index contributed by atoms with van der Waals surface area (Å²) in [5.41, 5.74) is 1.01. The van der Waals surface area contributed by atoms with E-state index in [0.717, 1.165) is 51.7 Å². The first-order valence-corrected chi connectivity index (χ1v) is 8.98. The van der Waals surface area contributed by atoms with Crippen LogP contribution in [0.1, 0.15) is 44.9 Å². The van der Waals surface area contributed by atoms with Gasteiger partial charge in [0.25, 0.3) is 0 Å². The molecule has 2 aromatic rings. The number of piperidine rings is 1. The quantitative estimate of drug-likeness (QED) is 0.863. The molecule has 1 unspecified atom stereocenters. The topological polar surface area (TPSA) is 62.5 Å². The molecule has 1 amide bonds. The third kappa shape index (κ3) is 2.49. The lowest BCUT2D eigenvalue weighted by molar-refractivity contribution is -0.148. The van der Waals surface area contributed by atoms with Gasteiger partial charge in [0.2, 0.25) is 11.8 Å². The number of fused-ring (bicyclic) bond motifs is 1. The highest BCUT2D eigenvalue weighted by molar-refractivity contribution is 5.87. The number of carbonyl (C=O) groups excluding carboxylic acids is 1. The molecule has 0 bridgehead atoms. The van der Waals surface area contributed by atoms with Crippen LogP contribution in [-0.4, -0.2) is 50.8 Å². The van der Waals surface area contributed by atoms with Crippen LogP contribution in [0.15, 0.2) is 22.7 Å². The summed E-state index contributed by atoms with van der Waals surface area (Å²) >= 11 is 0. The highest BCUT2D eigenvalue weighted by Crippen LogP contribution is 2.39. The van der Waals surface area contributed by atoms with Gasteiger partial charge in [0.05, 0.1) is 6.54 Å². The van der Waals surface area contributed by atoms with Crippen LogP contribution < -0.4 is 0 Å². The Morgan fingerprint density at radius 1 is 1.29 bits per heavy atom. The van der Waals surface area contributed by atoms with Crippen molar-refractivity contribution in [3.63, 3.8) is 0 Å². The summed E-state index contributed by atoms with van der Waals surface area (Å²) in [6.45, 7) is 5.41. The normalized spacial score (nSPS) is 25.2. The first-order valence-electron chi connectivity index (χ1n) is 8.98. The van der Waals surface area contributed by atoms with Crippen molar-refractivity contribution in [1.29, 1.82) is 0 Å². The van der Waals surface area contributed by atoms with E-state index >= 15 is 0 Å². The molecule has 1 atom stereocenters. The molecule has 1 spiro atoms. The van der Waals surface area contributed by atoms with Crippen LogP contribution in [0.2, 0.25) is 0 Å². The molecular weight excluding hydrogens is 304 g/mol. The third-order valence-electron chi connectivity index (χ3n) is 5.36. The Kier molecular flexibility index (Phi) is 4.00. The van der Waals surface area contributed by atoms with Crippen molar-refractivity contribution in [2.24, 2.45) is 0 Å². The maximum atomic E-state index is 13.1. The minimum absolute atomic E-state index is 0.308. The van der Waals surface area contributed by atoms with Gasteiger partial charge in [0.15, 0.2) is 11.2 Å². The zero-order valence-corrected chi connectivity index (χ0v) is 14.2. The first-order chi connectivity index (χ1) is 11.7. The van der Waals surface area contributed by atoms with Gasteiger partial charge >= 0.3 is 0 Å². The number of hydrogen-bond acceptors (Lipinski definition) is 5. The molecule has 6 heteroatoms. The van der Waals surface area contributed by atoms with Crippen LogP contribution in [0.3, 0.4) is 0 Å². The molecule has 2 aromatic heterocycles. The lowest BCUT2D eigenvalue weighted by Crippen LogP contribution is -2.59. The molecule has 0 aliphatic carbocycles. The van der Waals surface area contributed by atoms with E-state index in [9.17, 15) is 4.79 Å². The Labute approximate surface area is 141 Å². The van der Waals surface area contributed by atoms with Gasteiger partial charge in [-0.25, -0.2) is 4.98 Å². The number of aromatic nitrogens is 2. The fourth-order valence-corrected chi connectivity index (χ4v) is 4.28. The number of oxazole rings is 1. The SMILES string of the molecule is CCCN1CCCC2(CCCN2Cc2nc3ncccc3o2)C1=O. The zero-order valence-electron chi connectivity index (χ0n) is 14.2. The second kappa shape index (κ2) is 6.16. The Hall–Kier alpha value is -1.95. The molecular formula is C18H24N4O2. The fraction of sp³-hybridized carbons (Fsp3) is 0.611. The summed E-state index contributed by atoms with van der Waals surface area (Å²) in [6, 6.07) is 3.73. The van der Waals surface area contributed by atoms with E-state index < -0.39 is 0 Å². The maximum absolute atomic E-state index is 13.1. The van der Waals surface area contributed by atoms with Crippen molar-refractivity contribution < 1.29 is 9.21 Å². The summed E-state index contributed by atoms with van der Waals surface area (Å²) in [5.74, 6) is 0.965. The van der Waals surface area contributed by atoms with E-state index in [1.165, 1.54) is 0 Å². The number of likely N-dealkylation sites (tertiary alicyclic amines) is 2. The Bertz CT molecular complexity index is 708. The highest BCUT2D eigenvalue weighted by Gasteiger charge is 2.50. The van der Waals surface area contributed by atoms with Gasteiger partial charge in [-0.3, -0.25) is 9.69 Å². The van der Waals surface area contributed by atoms with Gasteiger partial charge in [-0.15, -0.1) is 0 Å². The van der Waals surface area contributed by atoms with Crippen molar-refractivity contribution >= 4 is 17.1 Å². The molecule has 128 valence electrons. The smallest absolute Gasteiger partial charge is 0.243 e. The molecule has 0 saturated carbocycles. The monoisotopic (exact) mass is 328 g/mol. The third-order valence-corrected chi connectivity index (χ3v) is 5.36. The van der Waals surface area contributed by atoms with Crippen LogP contribution >= 0.6 is 0 Å². The Morgan fingerprint density at radius 2 is 2.12 bits per heavy atom. The van der Waals surface area contributed by atoms with Gasteiger partial charge in [0, 0.05) is 19.3 Å². The molecule has 2 fully saturated rings. The largest absolute Gasteiger partial charge is 0.438 e. The zero-order chi connectivity index (χ0) is 16.6. The van der Waals surface area contributed by atoms with Crippen LogP contribution in [0.25, 0.3) is 11.2 Å². The van der Waals surface area contributed by atoms with Crippen molar-refractivity contribution in [2.45, 2.75) is 51.1 Å². The molecule has 0 N–H and O–H groups in total. The van der Waals surface area contributed by atoms with Crippen LogP contribution in [0, 0.1) is 0 Å². The molecule has 6 nitrogen and oxygen atoms in total. The second-order valence-electron chi connectivity index (χ2n) is 6.89. The van der Waals surface area contributed by atoms with Gasteiger partial charge in [-0.05, 0) is 50.8 Å². The van der Waals surface area contributed by atoms with Gasteiger partial charge in [-0.2, -0.15) is 4.98 Å². The molecule has 2 aliphatic heterocycles. The summed E-state index contributed by atoms with van der Waals surface area (Å²) < 4.78 is 5.83. The molecule has 2 saturated heterocycles. The van der Waals surface area contributed by atoms with Gasteiger partial charge < -0.3 is 9.32 Å². The maximum Gasteiger partial charge on any atom is 0.243 e. The van der Waals surface area contributed by atoms with Crippen molar-refractivity contribution in [3.05, 3.63) is 24.2 Å². The predicted octanol–water partition coefficient (Wildman–Crippen LogP) is 2.59. The van der Waals surface area contributed by atoms with Crippen molar-refractivity contribution in [1.82, 2.24) is 19.8 Å². The minimum atomic E-state index is -0.346. The molecule has 0 radical (unpaired) electrons. The predicted molar refractivity (Wildman–Crippen MR) is 90.3 cm³/mol.